The van der Waals surface area contributed by atoms with Crippen LogP contribution >= 0.6 is 0 Å². The lowest BCUT2D eigenvalue weighted by Crippen LogP contribution is -2.54. The average Bonchev–Trinajstić information content (AvgIpc) is 3.20. The maximum Gasteiger partial charge on any atom is 0.337 e. The molecule has 3 heterocycles. The molecule has 8 nitrogen and oxygen atoms in total. The van der Waals surface area contributed by atoms with E-state index in [9.17, 15) is 9.59 Å². The highest BCUT2D eigenvalue weighted by atomic mass is 16.5. The van der Waals surface area contributed by atoms with Crippen molar-refractivity contribution in [3.8, 4) is 17.0 Å². The zero-order chi connectivity index (χ0) is 28.7. The van der Waals surface area contributed by atoms with Crippen LogP contribution in [0.15, 0.2) is 36.4 Å². The first-order chi connectivity index (χ1) is 19.9. The molecule has 2 aliphatic heterocycles. The van der Waals surface area contributed by atoms with Gasteiger partial charge in [-0.3, -0.25) is 0 Å². The van der Waals surface area contributed by atoms with Crippen LogP contribution in [-0.4, -0.2) is 67.0 Å². The van der Waals surface area contributed by atoms with Gasteiger partial charge < -0.3 is 29.0 Å². The van der Waals surface area contributed by atoms with Crippen LogP contribution in [0.3, 0.4) is 0 Å². The Morgan fingerprint density at radius 2 is 1.71 bits per heavy atom. The molecule has 8 heteroatoms. The Hall–Kier alpha value is -3.52. The van der Waals surface area contributed by atoms with Crippen molar-refractivity contribution in [1.82, 2.24) is 14.8 Å². The standard InChI is InChI=1S/C33H41N3O5/c1-20-17-35(18-21(2)41-20)33(38)34-25-14-24-15-26(39-3)11-13-27(24)31-30(22-8-6-5-7-9-22)28-12-10-23(32(37)40-4)16-29(28)36(31)19-25/h10-13,15-16,20-22,25H,5-9,14,17-19H2,1-4H3,(H,34,38)/t20-,21+,25?. The molecule has 0 spiro atoms. The number of urea groups is 1. The molecule has 3 aliphatic rings. The van der Waals surface area contributed by atoms with Crippen LogP contribution in [0, 0.1) is 0 Å². The van der Waals surface area contributed by atoms with E-state index in [1.807, 2.05) is 36.9 Å². The minimum Gasteiger partial charge on any atom is -0.497 e. The molecular weight excluding hydrogens is 518 g/mol. The van der Waals surface area contributed by atoms with Crippen molar-refractivity contribution >= 4 is 22.9 Å². The van der Waals surface area contributed by atoms with Crippen LogP contribution < -0.4 is 10.1 Å². The van der Waals surface area contributed by atoms with Crippen LogP contribution in [0.2, 0.25) is 0 Å². The number of hydrogen-bond donors (Lipinski definition) is 1. The van der Waals surface area contributed by atoms with E-state index in [1.54, 1.807) is 7.11 Å². The summed E-state index contributed by atoms with van der Waals surface area (Å²) in [5, 5.41) is 4.55. The fraction of sp³-hybridized carbons (Fsp3) is 0.515. The van der Waals surface area contributed by atoms with Crippen molar-refractivity contribution in [2.75, 3.05) is 27.3 Å². The minimum atomic E-state index is -0.346. The van der Waals surface area contributed by atoms with Gasteiger partial charge in [0, 0.05) is 36.1 Å². The number of carbonyl (C=O) groups is 2. The quantitative estimate of drug-likeness (QED) is 0.403. The number of morpholine rings is 1. The number of fused-ring (bicyclic) bond motifs is 5. The van der Waals surface area contributed by atoms with E-state index in [0.717, 1.165) is 29.7 Å². The van der Waals surface area contributed by atoms with Crippen molar-refractivity contribution < 1.29 is 23.8 Å². The van der Waals surface area contributed by atoms with Gasteiger partial charge in [-0.05, 0) is 80.5 Å². The molecule has 1 saturated carbocycles. The highest BCUT2D eigenvalue weighted by molar-refractivity contribution is 5.99. The lowest BCUT2D eigenvalue weighted by atomic mass is 9.81. The molecule has 0 radical (unpaired) electrons. The summed E-state index contributed by atoms with van der Waals surface area (Å²) in [6.07, 6.45) is 6.71. The molecule has 1 unspecified atom stereocenters. The van der Waals surface area contributed by atoms with Crippen LogP contribution in [0.4, 0.5) is 4.79 Å². The normalized spacial score (nSPS) is 22.9. The second kappa shape index (κ2) is 11.4. The number of hydrogen-bond acceptors (Lipinski definition) is 5. The number of nitrogens with zero attached hydrogens (tertiary/aromatic N) is 2. The molecule has 3 atom stereocenters. The summed E-state index contributed by atoms with van der Waals surface area (Å²) in [5.41, 5.74) is 6.45. The fourth-order valence-electron chi connectivity index (χ4n) is 7.26. The molecule has 3 aromatic rings. The predicted molar refractivity (Wildman–Crippen MR) is 159 cm³/mol. The monoisotopic (exact) mass is 559 g/mol. The molecule has 1 aromatic heterocycles. The number of benzene rings is 2. The van der Waals surface area contributed by atoms with Gasteiger partial charge in [-0.2, -0.15) is 0 Å². The second-order valence-electron chi connectivity index (χ2n) is 12.0. The molecule has 1 saturated heterocycles. The third-order valence-corrected chi connectivity index (χ3v) is 9.01. The first-order valence-corrected chi connectivity index (χ1v) is 15.0. The van der Waals surface area contributed by atoms with Gasteiger partial charge in [0.25, 0.3) is 0 Å². The van der Waals surface area contributed by atoms with Gasteiger partial charge in [0.2, 0.25) is 0 Å². The van der Waals surface area contributed by atoms with E-state index in [1.165, 1.54) is 48.6 Å². The molecule has 0 bridgehead atoms. The van der Waals surface area contributed by atoms with Crippen molar-refractivity contribution in [1.29, 1.82) is 0 Å². The van der Waals surface area contributed by atoms with Gasteiger partial charge in [0.1, 0.15) is 5.75 Å². The fourth-order valence-corrected chi connectivity index (χ4v) is 7.26. The SMILES string of the molecule is COC(=O)c1ccc2c(C3CCCCC3)c3n(c2c1)CC(NC(=O)N1C[C@@H](C)O[C@@H](C)C1)Cc1cc(OC)ccc1-3. The van der Waals surface area contributed by atoms with Gasteiger partial charge in [0.15, 0.2) is 0 Å². The van der Waals surface area contributed by atoms with E-state index >= 15 is 0 Å². The van der Waals surface area contributed by atoms with E-state index in [-0.39, 0.29) is 30.3 Å². The van der Waals surface area contributed by atoms with Crippen LogP contribution in [0.5, 0.6) is 5.75 Å². The Balaban J connectivity index is 1.49. The van der Waals surface area contributed by atoms with Gasteiger partial charge in [-0.25, -0.2) is 9.59 Å². The number of rotatable bonds is 4. The Bertz CT molecular complexity index is 1450. The van der Waals surface area contributed by atoms with Gasteiger partial charge in [0.05, 0.1) is 43.7 Å². The number of esters is 1. The third kappa shape index (κ3) is 5.30. The first kappa shape index (κ1) is 27.6. The summed E-state index contributed by atoms with van der Waals surface area (Å²) in [6.45, 7) is 5.75. The van der Waals surface area contributed by atoms with Gasteiger partial charge in [-0.15, -0.1) is 0 Å². The van der Waals surface area contributed by atoms with Crippen LogP contribution in [-0.2, 0) is 22.4 Å². The first-order valence-electron chi connectivity index (χ1n) is 15.0. The molecule has 2 amide bonds. The third-order valence-electron chi connectivity index (χ3n) is 9.01. The van der Waals surface area contributed by atoms with Gasteiger partial charge in [-0.1, -0.05) is 25.3 Å². The van der Waals surface area contributed by atoms with E-state index in [4.69, 9.17) is 14.2 Å². The maximum atomic E-state index is 13.6. The highest BCUT2D eigenvalue weighted by Gasteiger charge is 2.33. The summed E-state index contributed by atoms with van der Waals surface area (Å²) < 4.78 is 18.9. The van der Waals surface area contributed by atoms with Crippen molar-refractivity contribution in [3.63, 3.8) is 0 Å². The molecular formula is C33H41N3O5. The highest BCUT2D eigenvalue weighted by Crippen LogP contribution is 2.46. The molecule has 218 valence electrons. The topological polar surface area (TPSA) is 82.0 Å². The largest absolute Gasteiger partial charge is 0.497 e. The van der Waals surface area contributed by atoms with Crippen molar-refractivity contribution in [2.24, 2.45) is 0 Å². The zero-order valence-electron chi connectivity index (χ0n) is 24.6. The minimum absolute atomic E-state index is 0.00147. The van der Waals surface area contributed by atoms with Crippen molar-refractivity contribution in [3.05, 3.63) is 53.1 Å². The summed E-state index contributed by atoms with van der Waals surface area (Å²) in [6, 6.07) is 12.0. The zero-order valence-corrected chi connectivity index (χ0v) is 24.6. The lowest BCUT2D eigenvalue weighted by molar-refractivity contribution is -0.0548. The van der Waals surface area contributed by atoms with E-state index in [0.29, 0.717) is 37.5 Å². The Morgan fingerprint density at radius 3 is 2.41 bits per heavy atom. The Labute approximate surface area is 241 Å². The van der Waals surface area contributed by atoms with E-state index in [2.05, 4.69) is 28.1 Å². The Kier molecular flexibility index (Phi) is 7.68. The number of amides is 2. The molecule has 2 fully saturated rings. The summed E-state index contributed by atoms with van der Waals surface area (Å²) in [4.78, 5) is 28.0. The predicted octanol–water partition coefficient (Wildman–Crippen LogP) is 5.89. The van der Waals surface area contributed by atoms with E-state index < -0.39 is 0 Å². The molecule has 1 aliphatic carbocycles. The molecule has 41 heavy (non-hydrogen) atoms. The van der Waals surface area contributed by atoms with Gasteiger partial charge >= 0.3 is 12.0 Å². The smallest absolute Gasteiger partial charge is 0.337 e. The number of carbonyl (C=O) groups excluding carboxylic acids is 2. The summed E-state index contributed by atoms with van der Waals surface area (Å²) >= 11 is 0. The molecule has 2 aromatic carbocycles. The summed E-state index contributed by atoms with van der Waals surface area (Å²) in [7, 11) is 3.11. The number of aromatic nitrogens is 1. The number of nitrogens with one attached hydrogen (secondary N) is 1. The molecule has 1 N–H and O–H groups in total. The lowest BCUT2D eigenvalue weighted by Gasteiger charge is -2.36. The average molecular weight is 560 g/mol. The summed E-state index contributed by atoms with van der Waals surface area (Å²) in [5.74, 6) is 0.908. The van der Waals surface area contributed by atoms with Crippen LogP contribution in [0.1, 0.15) is 73.4 Å². The van der Waals surface area contributed by atoms with Crippen LogP contribution in [0.25, 0.3) is 22.2 Å². The molecule has 6 rings (SSSR count). The maximum absolute atomic E-state index is 13.6. The number of ether oxygens (including phenoxy) is 3. The second-order valence-corrected chi connectivity index (χ2v) is 12.0. The number of methoxy groups -OCH3 is 2. The Morgan fingerprint density at radius 1 is 0.951 bits per heavy atom. The van der Waals surface area contributed by atoms with Crippen molar-refractivity contribution in [2.45, 2.75) is 83.1 Å².